The molecule has 0 amide bonds. The van der Waals surface area contributed by atoms with Crippen molar-refractivity contribution in [3.8, 4) is 0 Å². The first-order valence-corrected chi connectivity index (χ1v) is 7.10. The van der Waals surface area contributed by atoms with Crippen molar-refractivity contribution in [2.75, 3.05) is 45.2 Å². The second-order valence-electron chi connectivity index (χ2n) is 5.40. The number of hydrogen-bond donors (Lipinski definition) is 1. The van der Waals surface area contributed by atoms with Crippen molar-refractivity contribution >= 4 is 5.69 Å². The smallest absolute Gasteiger partial charge is 0.0936 e. The molecule has 3 rings (SSSR count). The molecule has 0 radical (unpaired) electrons. The summed E-state index contributed by atoms with van der Waals surface area (Å²) >= 11 is 0. The first kappa shape index (κ1) is 12.9. The highest BCUT2D eigenvalue weighted by Gasteiger charge is 2.20. The quantitative estimate of drug-likeness (QED) is 0.810. The van der Waals surface area contributed by atoms with Gasteiger partial charge in [-0.15, -0.1) is 0 Å². The van der Waals surface area contributed by atoms with Gasteiger partial charge in [0.25, 0.3) is 0 Å². The summed E-state index contributed by atoms with van der Waals surface area (Å²) < 4.78 is 11.2. The highest BCUT2D eigenvalue weighted by atomic mass is 16.6. The van der Waals surface area contributed by atoms with Crippen molar-refractivity contribution in [2.45, 2.75) is 18.9 Å². The van der Waals surface area contributed by atoms with Crippen LogP contribution in [0.15, 0.2) is 18.2 Å². The summed E-state index contributed by atoms with van der Waals surface area (Å²) in [6, 6.07) is 6.31. The van der Waals surface area contributed by atoms with Crippen LogP contribution in [0.3, 0.4) is 0 Å². The summed E-state index contributed by atoms with van der Waals surface area (Å²) in [6.45, 7) is 5.35. The molecule has 1 aromatic rings. The third-order valence-corrected chi connectivity index (χ3v) is 3.97. The number of nitrogens with zero attached hydrogens (tertiary/aromatic N) is 1. The van der Waals surface area contributed by atoms with E-state index in [4.69, 9.17) is 15.2 Å². The molecule has 0 bridgehead atoms. The summed E-state index contributed by atoms with van der Waals surface area (Å²) in [5.41, 5.74) is 9.59. The molecule has 1 atom stereocenters. The van der Waals surface area contributed by atoms with Crippen molar-refractivity contribution in [2.24, 2.45) is 0 Å². The zero-order valence-electron chi connectivity index (χ0n) is 11.3. The predicted molar refractivity (Wildman–Crippen MR) is 75.3 cm³/mol. The van der Waals surface area contributed by atoms with Crippen LogP contribution in [-0.4, -0.2) is 50.5 Å². The number of benzene rings is 1. The average molecular weight is 262 g/mol. The highest BCUT2D eigenvalue weighted by molar-refractivity contribution is 5.45. The lowest BCUT2D eigenvalue weighted by molar-refractivity contribution is -0.0972. The van der Waals surface area contributed by atoms with Gasteiger partial charge in [0, 0.05) is 25.3 Å². The van der Waals surface area contributed by atoms with Gasteiger partial charge in [0.1, 0.15) is 0 Å². The first-order valence-electron chi connectivity index (χ1n) is 7.10. The van der Waals surface area contributed by atoms with Gasteiger partial charge in [0.15, 0.2) is 0 Å². The van der Waals surface area contributed by atoms with Crippen LogP contribution in [0, 0.1) is 0 Å². The Morgan fingerprint density at radius 1 is 1.16 bits per heavy atom. The Morgan fingerprint density at radius 3 is 2.79 bits per heavy atom. The van der Waals surface area contributed by atoms with Crippen molar-refractivity contribution in [1.82, 2.24) is 4.90 Å². The molecule has 2 aliphatic heterocycles. The predicted octanol–water partition coefficient (Wildman–Crippen LogP) is 1.08. The van der Waals surface area contributed by atoms with E-state index in [9.17, 15) is 0 Å². The molecule has 0 aromatic heterocycles. The molecule has 2 heterocycles. The first-order chi connectivity index (χ1) is 9.31. The zero-order valence-corrected chi connectivity index (χ0v) is 11.3. The van der Waals surface area contributed by atoms with E-state index < -0.39 is 0 Å². The van der Waals surface area contributed by atoms with Crippen LogP contribution in [-0.2, 0) is 22.3 Å². The molecule has 2 N–H and O–H groups in total. The van der Waals surface area contributed by atoms with E-state index >= 15 is 0 Å². The summed E-state index contributed by atoms with van der Waals surface area (Å²) in [6.07, 6.45) is 2.41. The topological polar surface area (TPSA) is 47.7 Å². The maximum atomic E-state index is 5.87. The lowest BCUT2D eigenvalue weighted by Crippen LogP contribution is -2.41. The molecule has 1 saturated heterocycles. The minimum absolute atomic E-state index is 0.236. The van der Waals surface area contributed by atoms with E-state index in [1.54, 1.807) is 0 Å². The van der Waals surface area contributed by atoms with E-state index in [2.05, 4.69) is 17.0 Å². The van der Waals surface area contributed by atoms with Crippen molar-refractivity contribution in [1.29, 1.82) is 0 Å². The third kappa shape index (κ3) is 3.26. The molecule has 1 unspecified atom stereocenters. The molecule has 4 heteroatoms. The molecule has 0 saturated carbocycles. The van der Waals surface area contributed by atoms with Gasteiger partial charge < -0.3 is 20.1 Å². The Balaban J connectivity index is 1.59. The number of ether oxygens (including phenoxy) is 2. The Labute approximate surface area is 114 Å². The molecule has 19 heavy (non-hydrogen) atoms. The third-order valence-electron chi connectivity index (χ3n) is 3.97. The number of fused-ring (bicyclic) bond motifs is 1. The van der Waals surface area contributed by atoms with Gasteiger partial charge in [-0.3, -0.25) is 0 Å². The van der Waals surface area contributed by atoms with Gasteiger partial charge in [-0.2, -0.15) is 0 Å². The van der Waals surface area contributed by atoms with Crippen LogP contribution in [0.1, 0.15) is 11.1 Å². The van der Waals surface area contributed by atoms with E-state index in [-0.39, 0.29) is 6.10 Å². The Hall–Kier alpha value is -1.10. The van der Waals surface area contributed by atoms with E-state index in [0.717, 1.165) is 58.0 Å². The van der Waals surface area contributed by atoms with Gasteiger partial charge >= 0.3 is 0 Å². The second-order valence-corrected chi connectivity index (χ2v) is 5.40. The number of rotatable bonds is 2. The summed E-state index contributed by atoms with van der Waals surface area (Å²) in [7, 11) is 0. The van der Waals surface area contributed by atoms with Crippen LogP contribution < -0.4 is 5.73 Å². The van der Waals surface area contributed by atoms with Crippen LogP contribution >= 0.6 is 0 Å². The lowest BCUT2D eigenvalue weighted by Gasteiger charge is -2.28. The van der Waals surface area contributed by atoms with E-state index in [0.29, 0.717) is 0 Å². The molecule has 1 fully saturated rings. The fourth-order valence-corrected chi connectivity index (χ4v) is 2.90. The standard InChI is InChI=1S/C15H22N2O2/c16-14-2-1-12-3-5-17(6-4-13(12)9-14)10-15-11-18-7-8-19-15/h1-2,9,15H,3-8,10-11,16H2. The molecule has 2 aliphatic rings. The lowest BCUT2D eigenvalue weighted by atomic mass is 10.0. The largest absolute Gasteiger partial charge is 0.399 e. The highest BCUT2D eigenvalue weighted by Crippen LogP contribution is 2.19. The van der Waals surface area contributed by atoms with Crippen molar-refractivity contribution in [3.05, 3.63) is 29.3 Å². The summed E-state index contributed by atoms with van der Waals surface area (Å²) in [5.74, 6) is 0. The van der Waals surface area contributed by atoms with Crippen molar-refractivity contribution in [3.63, 3.8) is 0 Å². The van der Waals surface area contributed by atoms with Crippen LogP contribution in [0.25, 0.3) is 0 Å². The Bertz CT molecular complexity index is 430. The molecule has 104 valence electrons. The fraction of sp³-hybridized carbons (Fsp3) is 0.600. The van der Waals surface area contributed by atoms with Gasteiger partial charge in [0.05, 0.1) is 25.9 Å². The normalized spacial score (nSPS) is 24.7. The Kier molecular flexibility index (Phi) is 4.01. The van der Waals surface area contributed by atoms with Crippen LogP contribution in [0.4, 0.5) is 5.69 Å². The molecule has 4 nitrogen and oxygen atoms in total. The molecular weight excluding hydrogens is 240 g/mol. The van der Waals surface area contributed by atoms with E-state index in [1.165, 1.54) is 11.1 Å². The monoisotopic (exact) mass is 262 g/mol. The van der Waals surface area contributed by atoms with Gasteiger partial charge in [-0.25, -0.2) is 0 Å². The number of anilines is 1. The maximum absolute atomic E-state index is 5.87. The minimum Gasteiger partial charge on any atom is -0.399 e. The summed E-state index contributed by atoms with van der Waals surface area (Å²) in [5, 5.41) is 0. The van der Waals surface area contributed by atoms with Gasteiger partial charge in [-0.05, 0) is 36.1 Å². The SMILES string of the molecule is Nc1ccc2c(c1)CCN(CC1COCCO1)CC2. The minimum atomic E-state index is 0.236. The van der Waals surface area contributed by atoms with Crippen LogP contribution in [0.2, 0.25) is 0 Å². The molecule has 0 aliphatic carbocycles. The number of nitrogen functional groups attached to an aromatic ring is 1. The number of nitrogens with two attached hydrogens (primary N) is 1. The van der Waals surface area contributed by atoms with Crippen molar-refractivity contribution < 1.29 is 9.47 Å². The van der Waals surface area contributed by atoms with Gasteiger partial charge in [0.2, 0.25) is 0 Å². The molecule has 1 aromatic carbocycles. The van der Waals surface area contributed by atoms with E-state index in [1.807, 2.05) is 6.07 Å². The summed E-state index contributed by atoms with van der Waals surface area (Å²) in [4.78, 5) is 2.48. The zero-order chi connectivity index (χ0) is 13.1. The second kappa shape index (κ2) is 5.90. The number of hydrogen-bond acceptors (Lipinski definition) is 4. The van der Waals surface area contributed by atoms with Gasteiger partial charge in [-0.1, -0.05) is 6.07 Å². The maximum Gasteiger partial charge on any atom is 0.0936 e. The fourth-order valence-electron chi connectivity index (χ4n) is 2.90. The van der Waals surface area contributed by atoms with Crippen LogP contribution in [0.5, 0.6) is 0 Å². The Morgan fingerprint density at radius 2 is 2.00 bits per heavy atom. The molecular formula is C15H22N2O2. The molecule has 0 spiro atoms. The average Bonchev–Trinajstić information content (AvgIpc) is 2.63.